The van der Waals surface area contributed by atoms with E-state index in [0.717, 1.165) is 99.6 Å². The summed E-state index contributed by atoms with van der Waals surface area (Å²) in [6.45, 7) is 0. The van der Waals surface area contributed by atoms with Crippen LogP contribution in [0.4, 0.5) is 0 Å². The van der Waals surface area contributed by atoms with Crippen LogP contribution in [0.3, 0.4) is 0 Å². The van der Waals surface area contributed by atoms with Gasteiger partial charge in [0.15, 0.2) is 5.82 Å². The first-order valence-corrected chi connectivity index (χ1v) is 19.2. The molecule has 0 unspecified atom stereocenters. The van der Waals surface area contributed by atoms with Gasteiger partial charge in [0.05, 0.1) is 22.6 Å². The van der Waals surface area contributed by atoms with Gasteiger partial charge in [-0.1, -0.05) is 158 Å². The highest BCUT2D eigenvalue weighted by atomic mass is 16.3. The van der Waals surface area contributed by atoms with Crippen molar-refractivity contribution in [2.75, 3.05) is 0 Å². The van der Waals surface area contributed by atoms with E-state index in [1.165, 1.54) is 5.56 Å². The van der Waals surface area contributed by atoms with Crippen LogP contribution in [-0.4, -0.2) is 15.0 Å². The Morgan fingerprint density at radius 3 is 1.54 bits per heavy atom. The van der Waals surface area contributed by atoms with E-state index in [2.05, 4.69) is 164 Å². The van der Waals surface area contributed by atoms with E-state index in [1.54, 1.807) is 0 Å². The Bertz CT molecular complexity index is 3280. The molecule has 0 aliphatic carbocycles. The SMILES string of the molecule is c1ccc(-c2cccc(-c3cc(-c4cccc(-c5ccc6c(c5)oc5c6ccc6c(-c7ccccc7)nc7ccccc7c65)c4)nc(-c4ccccc4)n3)c2)cc1. The number of pyridine rings is 1. The number of furan rings is 1. The molecule has 0 spiro atoms. The van der Waals surface area contributed by atoms with E-state index in [-0.39, 0.29) is 0 Å². The topological polar surface area (TPSA) is 51.8 Å². The molecule has 4 nitrogen and oxygen atoms in total. The fourth-order valence-electron chi connectivity index (χ4n) is 8.07. The number of hydrogen-bond acceptors (Lipinski definition) is 4. The highest BCUT2D eigenvalue weighted by molar-refractivity contribution is 6.24. The number of hydrogen-bond donors (Lipinski definition) is 0. The number of nitrogens with zero attached hydrogens (tertiary/aromatic N) is 3. The van der Waals surface area contributed by atoms with Crippen LogP contribution in [0, 0.1) is 0 Å². The molecule has 57 heavy (non-hydrogen) atoms. The third-order valence-electron chi connectivity index (χ3n) is 10.9. The van der Waals surface area contributed by atoms with Crippen LogP contribution in [-0.2, 0) is 0 Å². The van der Waals surface area contributed by atoms with E-state index in [4.69, 9.17) is 19.4 Å². The molecule has 0 saturated heterocycles. The number of rotatable bonds is 6. The van der Waals surface area contributed by atoms with Gasteiger partial charge >= 0.3 is 0 Å². The molecule has 0 N–H and O–H groups in total. The lowest BCUT2D eigenvalue weighted by Crippen LogP contribution is -1.96. The van der Waals surface area contributed by atoms with E-state index in [1.807, 2.05) is 36.4 Å². The number of fused-ring (bicyclic) bond motifs is 7. The van der Waals surface area contributed by atoms with Gasteiger partial charge in [0.2, 0.25) is 0 Å². The normalized spacial score (nSPS) is 11.5. The van der Waals surface area contributed by atoms with E-state index < -0.39 is 0 Å². The summed E-state index contributed by atoms with van der Waals surface area (Å²) >= 11 is 0. The van der Waals surface area contributed by atoms with Gasteiger partial charge in [-0.15, -0.1) is 0 Å². The van der Waals surface area contributed by atoms with Crippen molar-refractivity contribution in [3.63, 3.8) is 0 Å². The molecule has 0 amide bonds. The van der Waals surface area contributed by atoms with Crippen molar-refractivity contribution in [1.29, 1.82) is 0 Å². The molecule has 0 aliphatic heterocycles. The minimum absolute atomic E-state index is 0.688. The number of benzene rings is 8. The van der Waals surface area contributed by atoms with Gasteiger partial charge in [0, 0.05) is 49.2 Å². The molecule has 0 atom stereocenters. The minimum atomic E-state index is 0.688. The molecular weight excluding hydrogens is 695 g/mol. The summed E-state index contributed by atoms with van der Waals surface area (Å²) in [6.07, 6.45) is 0. The highest BCUT2D eigenvalue weighted by Gasteiger charge is 2.18. The third kappa shape index (κ3) is 5.83. The molecule has 11 aromatic rings. The van der Waals surface area contributed by atoms with Crippen LogP contribution in [0.2, 0.25) is 0 Å². The molecule has 11 rings (SSSR count). The zero-order chi connectivity index (χ0) is 37.7. The van der Waals surface area contributed by atoms with Gasteiger partial charge in [0.25, 0.3) is 0 Å². The lowest BCUT2D eigenvalue weighted by atomic mass is 9.97. The first kappa shape index (κ1) is 32.7. The molecular formula is C53H33N3O. The first-order chi connectivity index (χ1) is 28.2. The molecule has 0 bridgehead atoms. The Balaban J connectivity index is 1.03. The standard InChI is InChI=1S/C53H33N3O/c1-4-14-34(15-5-1)37-20-12-22-40(30-37)47-33-48(56-53(55-47)36-18-8-3-9-19-36)41-23-13-21-38(31-41)39-26-27-42-43-28-29-45-50(52(43)57-49(42)32-39)44-24-10-11-25-46(44)54-51(45)35-16-6-2-7-17-35/h1-33H. The van der Waals surface area contributed by atoms with E-state index in [9.17, 15) is 0 Å². The van der Waals surface area contributed by atoms with Crippen molar-refractivity contribution in [1.82, 2.24) is 15.0 Å². The highest BCUT2D eigenvalue weighted by Crippen LogP contribution is 2.42. The van der Waals surface area contributed by atoms with Gasteiger partial charge in [-0.25, -0.2) is 15.0 Å². The van der Waals surface area contributed by atoms with Crippen LogP contribution in [0.5, 0.6) is 0 Å². The Morgan fingerprint density at radius 2 is 0.842 bits per heavy atom. The van der Waals surface area contributed by atoms with Gasteiger partial charge in [-0.3, -0.25) is 0 Å². The van der Waals surface area contributed by atoms with Crippen molar-refractivity contribution in [2.24, 2.45) is 0 Å². The van der Waals surface area contributed by atoms with E-state index >= 15 is 0 Å². The fraction of sp³-hybridized carbons (Fsp3) is 0. The second-order valence-electron chi connectivity index (χ2n) is 14.4. The summed E-state index contributed by atoms with van der Waals surface area (Å²) in [6, 6.07) is 69.6. The quantitative estimate of drug-likeness (QED) is 0.160. The molecule has 266 valence electrons. The van der Waals surface area contributed by atoms with Gasteiger partial charge < -0.3 is 4.42 Å². The molecule has 4 heteroatoms. The maximum Gasteiger partial charge on any atom is 0.160 e. The number of aromatic nitrogens is 3. The van der Waals surface area contributed by atoms with Gasteiger partial charge in [0.1, 0.15) is 11.2 Å². The average molecular weight is 728 g/mol. The van der Waals surface area contributed by atoms with Crippen LogP contribution < -0.4 is 0 Å². The Labute approximate surface area is 329 Å². The molecule has 0 fully saturated rings. The Morgan fingerprint density at radius 1 is 0.316 bits per heavy atom. The summed E-state index contributed by atoms with van der Waals surface area (Å²) in [5, 5.41) is 5.41. The summed E-state index contributed by atoms with van der Waals surface area (Å²) in [4.78, 5) is 15.4. The Kier molecular flexibility index (Phi) is 7.78. The summed E-state index contributed by atoms with van der Waals surface area (Å²) in [7, 11) is 0. The van der Waals surface area contributed by atoms with Crippen LogP contribution in [0.15, 0.2) is 205 Å². The van der Waals surface area contributed by atoms with Crippen molar-refractivity contribution in [2.45, 2.75) is 0 Å². The molecule has 0 radical (unpaired) electrons. The summed E-state index contributed by atoms with van der Waals surface area (Å²) in [5.74, 6) is 0.688. The van der Waals surface area contributed by atoms with Crippen LogP contribution in [0.1, 0.15) is 0 Å². The van der Waals surface area contributed by atoms with Gasteiger partial charge in [-0.05, 0) is 64.7 Å². The smallest absolute Gasteiger partial charge is 0.160 e. The van der Waals surface area contributed by atoms with Crippen molar-refractivity contribution in [3.05, 3.63) is 200 Å². The van der Waals surface area contributed by atoms with Crippen LogP contribution in [0.25, 0.3) is 111 Å². The van der Waals surface area contributed by atoms with Crippen LogP contribution >= 0.6 is 0 Å². The lowest BCUT2D eigenvalue weighted by molar-refractivity contribution is 0.673. The summed E-state index contributed by atoms with van der Waals surface area (Å²) < 4.78 is 6.86. The fourth-order valence-corrected chi connectivity index (χ4v) is 8.07. The maximum absolute atomic E-state index is 6.86. The zero-order valence-electron chi connectivity index (χ0n) is 30.8. The predicted molar refractivity (Wildman–Crippen MR) is 235 cm³/mol. The second kappa shape index (κ2) is 13.6. The average Bonchev–Trinajstić information content (AvgIpc) is 3.68. The van der Waals surface area contributed by atoms with Crippen molar-refractivity contribution < 1.29 is 4.42 Å². The van der Waals surface area contributed by atoms with E-state index in [0.29, 0.717) is 5.82 Å². The maximum atomic E-state index is 6.86. The molecule has 0 aliphatic rings. The monoisotopic (exact) mass is 727 g/mol. The number of para-hydroxylation sites is 1. The molecule has 8 aromatic carbocycles. The Hall–Kier alpha value is -7.69. The predicted octanol–water partition coefficient (Wildman–Crippen LogP) is 14.1. The largest absolute Gasteiger partial charge is 0.455 e. The second-order valence-corrected chi connectivity index (χ2v) is 14.4. The molecule has 3 heterocycles. The summed E-state index contributed by atoms with van der Waals surface area (Å²) in [5.41, 5.74) is 13.9. The van der Waals surface area contributed by atoms with Gasteiger partial charge in [-0.2, -0.15) is 0 Å². The first-order valence-electron chi connectivity index (χ1n) is 19.2. The minimum Gasteiger partial charge on any atom is -0.455 e. The van der Waals surface area contributed by atoms with Crippen molar-refractivity contribution >= 4 is 43.6 Å². The van der Waals surface area contributed by atoms with Crippen molar-refractivity contribution in [3.8, 4) is 67.4 Å². The third-order valence-corrected chi connectivity index (χ3v) is 10.9. The lowest BCUT2D eigenvalue weighted by Gasteiger charge is -2.11. The zero-order valence-corrected chi connectivity index (χ0v) is 30.8. The molecule has 3 aromatic heterocycles. The molecule has 0 saturated carbocycles.